The van der Waals surface area contributed by atoms with Crippen molar-refractivity contribution in [3.63, 3.8) is 0 Å². The molecule has 0 saturated heterocycles. The molecule has 0 aliphatic heterocycles. The molecule has 0 amide bonds. The molecule has 0 radical (unpaired) electrons. The van der Waals surface area contributed by atoms with Crippen LogP contribution >= 0.6 is 23.2 Å². The van der Waals surface area contributed by atoms with Crippen LogP contribution in [0.1, 0.15) is 5.69 Å². The number of aryl methyl sites for hydroxylation is 1. The molecule has 0 saturated carbocycles. The Morgan fingerprint density at radius 1 is 1.14 bits per heavy atom. The van der Waals surface area contributed by atoms with E-state index in [-0.39, 0.29) is 0 Å². The van der Waals surface area contributed by atoms with E-state index in [1.165, 1.54) is 0 Å². The third kappa shape index (κ3) is 1.63. The second-order valence-corrected chi connectivity index (χ2v) is 3.75. The monoisotopic (exact) mass is 226 g/mol. The van der Waals surface area contributed by atoms with Crippen LogP contribution in [0.2, 0.25) is 10.3 Å². The van der Waals surface area contributed by atoms with Gasteiger partial charge < -0.3 is 0 Å². The molecule has 1 heterocycles. The summed E-state index contributed by atoms with van der Waals surface area (Å²) in [7, 11) is 0. The van der Waals surface area contributed by atoms with E-state index < -0.39 is 0 Å². The molecule has 2 rings (SSSR count). The van der Waals surface area contributed by atoms with Crippen molar-refractivity contribution in [3.8, 4) is 5.69 Å². The van der Waals surface area contributed by atoms with Gasteiger partial charge in [-0.25, -0.2) is 4.98 Å². The van der Waals surface area contributed by atoms with Crippen molar-refractivity contribution in [3.05, 3.63) is 46.5 Å². The van der Waals surface area contributed by atoms with E-state index in [1.54, 1.807) is 6.20 Å². The van der Waals surface area contributed by atoms with Gasteiger partial charge >= 0.3 is 0 Å². The second kappa shape index (κ2) is 3.64. The molecular formula is C10H8Cl2N2. The zero-order valence-electron chi connectivity index (χ0n) is 7.54. The Kier molecular flexibility index (Phi) is 2.48. The number of nitrogens with zero attached hydrogens (tertiary/aromatic N) is 2. The second-order valence-electron chi connectivity index (χ2n) is 2.98. The predicted octanol–water partition coefficient (Wildman–Crippen LogP) is 3.49. The van der Waals surface area contributed by atoms with Crippen LogP contribution in [0.3, 0.4) is 0 Å². The van der Waals surface area contributed by atoms with Gasteiger partial charge in [-0.3, -0.25) is 4.57 Å². The third-order valence-corrected chi connectivity index (χ3v) is 2.50. The Bertz CT molecular complexity index is 426. The molecule has 0 fully saturated rings. The molecule has 0 unspecified atom stereocenters. The van der Waals surface area contributed by atoms with E-state index in [2.05, 4.69) is 4.98 Å². The lowest BCUT2D eigenvalue weighted by Crippen LogP contribution is -1.95. The van der Waals surface area contributed by atoms with E-state index in [0.29, 0.717) is 10.3 Å². The van der Waals surface area contributed by atoms with Gasteiger partial charge in [0, 0.05) is 22.6 Å². The first kappa shape index (κ1) is 9.56. The first-order chi connectivity index (χ1) is 6.68. The Morgan fingerprint density at radius 2 is 1.79 bits per heavy atom. The normalized spacial score (nSPS) is 10.5. The van der Waals surface area contributed by atoms with Crippen molar-refractivity contribution in [2.45, 2.75) is 6.92 Å². The molecule has 1 aromatic heterocycles. The van der Waals surface area contributed by atoms with Gasteiger partial charge in [-0.1, -0.05) is 11.6 Å². The Balaban J connectivity index is 2.54. The van der Waals surface area contributed by atoms with Crippen LogP contribution in [0, 0.1) is 6.92 Å². The predicted molar refractivity (Wildman–Crippen MR) is 58.3 cm³/mol. The van der Waals surface area contributed by atoms with Crippen LogP contribution in [0.5, 0.6) is 0 Å². The van der Waals surface area contributed by atoms with Crippen molar-refractivity contribution in [2.75, 3.05) is 0 Å². The topological polar surface area (TPSA) is 17.8 Å². The van der Waals surface area contributed by atoms with E-state index in [9.17, 15) is 0 Å². The number of halogens is 2. The number of aromatic nitrogens is 2. The van der Waals surface area contributed by atoms with Crippen molar-refractivity contribution >= 4 is 23.2 Å². The van der Waals surface area contributed by atoms with Crippen LogP contribution in [0.4, 0.5) is 0 Å². The van der Waals surface area contributed by atoms with Gasteiger partial charge in [0.25, 0.3) is 0 Å². The number of hydrogen-bond donors (Lipinski definition) is 0. The molecular weight excluding hydrogens is 219 g/mol. The minimum atomic E-state index is 0.463. The average Bonchev–Trinajstić information content (AvgIpc) is 2.49. The first-order valence-corrected chi connectivity index (χ1v) is 4.90. The lowest BCUT2D eigenvalue weighted by Gasteiger charge is -2.05. The third-order valence-electron chi connectivity index (χ3n) is 1.98. The molecule has 0 aliphatic carbocycles. The summed E-state index contributed by atoms with van der Waals surface area (Å²) < 4.78 is 1.86. The number of rotatable bonds is 1. The highest BCUT2D eigenvalue weighted by molar-refractivity contribution is 6.30. The minimum Gasteiger partial charge on any atom is -0.288 e. The van der Waals surface area contributed by atoms with Crippen molar-refractivity contribution in [2.24, 2.45) is 0 Å². The SMILES string of the molecule is Cc1cnc(Cl)n1-c1ccc(Cl)cc1. The maximum atomic E-state index is 5.94. The quantitative estimate of drug-likeness (QED) is 0.729. The number of imidazole rings is 1. The van der Waals surface area contributed by atoms with Crippen molar-refractivity contribution < 1.29 is 0 Å². The lowest BCUT2D eigenvalue weighted by atomic mass is 10.3. The van der Waals surface area contributed by atoms with Crippen LogP contribution in [-0.4, -0.2) is 9.55 Å². The molecule has 0 bridgehead atoms. The molecule has 72 valence electrons. The lowest BCUT2D eigenvalue weighted by molar-refractivity contribution is 1.01. The standard InChI is InChI=1S/C10H8Cl2N2/c1-7-6-13-10(12)14(7)9-4-2-8(11)3-5-9/h2-6H,1H3. The van der Waals surface area contributed by atoms with Crippen LogP contribution in [-0.2, 0) is 0 Å². The summed E-state index contributed by atoms with van der Waals surface area (Å²) in [5.74, 6) is 0. The maximum absolute atomic E-state index is 5.94. The van der Waals surface area contributed by atoms with Gasteiger partial charge in [-0.15, -0.1) is 0 Å². The molecule has 14 heavy (non-hydrogen) atoms. The highest BCUT2D eigenvalue weighted by Crippen LogP contribution is 2.19. The highest BCUT2D eigenvalue weighted by Gasteiger charge is 2.05. The van der Waals surface area contributed by atoms with Gasteiger partial charge in [0.15, 0.2) is 0 Å². The summed E-state index contributed by atoms with van der Waals surface area (Å²) >= 11 is 11.7. The highest BCUT2D eigenvalue weighted by atomic mass is 35.5. The van der Waals surface area contributed by atoms with Crippen LogP contribution in [0.15, 0.2) is 30.5 Å². The average molecular weight is 227 g/mol. The fourth-order valence-corrected chi connectivity index (χ4v) is 1.71. The Morgan fingerprint density at radius 3 is 2.29 bits per heavy atom. The van der Waals surface area contributed by atoms with Gasteiger partial charge in [0.1, 0.15) is 0 Å². The fourth-order valence-electron chi connectivity index (χ4n) is 1.31. The van der Waals surface area contributed by atoms with E-state index in [0.717, 1.165) is 11.4 Å². The molecule has 4 heteroatoms. The summed E-state index contributed by atoms with van der Waals surface area (Å²) in [6, 6.07) is 7.46. The Hall–Kier alpha value is -0.990. The smallest absolute Gasteiger partial charge is 0.207 e. The first-order valence-electron chi connectivity index (χ1n) is 4.14. The molecule has 2 nitrogen and oxygen atoms in total. The largest absolute Gasteiger partial charge is 0.288 e. The summed E-state index contributed by atoms with van der Waals surface area (Å²) in [5, 5.41) is 1.17. The zero-order valence-corrected chi connectivity index (χ0v) is 9.05. The van der Waals surface area contributed by atoms with E-state index in [4.69, 9.17) is 23.2 Å². The van der Waals surface area contributed by atoms with Gasteiger partial charge in [-0.2, -0.15) is 0 Å². The minimum absolute atomic E-state index is 0.463. The van der Waals surface area contributed by atoms with E-state index in [1.807, 2.05) is 35.8 Å². The summed E-state index contributed by atoms with van der Waals surface area (Å²) in [5.41, 5.74) is 1.96. The van der Waals surface area contributed by atoms with Crippen molar-refractivity contribution in [1.29, 1.82) is 0 Å². The van der Waals surface area contributed by atoms with Gasteiger partial charge in [0.2, 0.25) is 5.28 Å². The summed E-state index contributed by atoms with van der Waals surface area (Å²) in [6.07, 6.45) is 1.73. The Labute approximate surface area is 92.1 Å². The maximum Gasteiger partial charge on any atom is 0.207 e. The molecule has 1 aromatic carbocycles. The zero-order chi connectivity index (χ0) is 10.1. The number of hydrogen-bond acceptors (Lipinski definition) is 1. The molecule has 2 aromatic rings. The van der Waals surface area contributed by atoms with Gasteiger partial charge in [0.05, 0.1) is 0 Å². The molecule has 0 N–H and O–H groups in total. The van der Waals surface area contributed by atoms with Gasteiger partial charge in [-0.05, 0) is 42.8 Å². The molecule has 0 aliphatic rings. The summed E-state index contributed by atoms with van der Waals surface area (Å²) in [6.45, 7) is 1.95. The summed E-state index contributed by atoms with van der Waals surface area (Å²) in [4.78, 5) is 4.01. The van der Waals surface area contributed by atoms with Crippen LogP contribution < -0.4 is 0 Å². The molecule has 0 atom stereocenters. The van der Waals surface area contributed by atoms with Crippen LogP contribution in [0.25, 0.3) is 5.69 Å². The fraction of sp³-hybridized carbons (Fsp3) is 0.100. The van der Waals surface area contributed by atoms with Crippen molar-refractivity contribution in [1.82, 2.24) is 9.55 Å². The number of benzene rings is 1. The van der Waals surface area contributed by atoms with E-state index >= 15 is 0 Å². The molecule has 0 spiro atoms.